The summed E-state index contributed by atoms with van der Waals surface area (Å²) in [6.07, 6.45) is 2.59. The van der Waals surface area contributed by atoms with Crippen molar-refractivity contribution in [2.24, 2.45) is 0 Å². The van der Waals surface area contributed by atoms with Gasteiger partial charge in [0.25, 0.3) is 0 Å². The van der Waals surface area contributed by atoms with Crippen LogP contribution in [0.15, 0.2) is 37.2 Å². The lowest BCUT2D eigenvalue weighted by Crippen LogP contribution is -1.94. The minimum atomic E-state index is 0.458. The predicted octanol–water partition coefficient (Wildman–Crippen LogP) is 3.57. The Hall–Kier alpha value is -2.74. The summed E-state index contributed by atoms with van der Waals surface area (Å²) in [4.78, 5) is 9.86. The largest absolute Gasteiger partial charge is 0.444 e. The van der Waals surface area contributed by atoms with Crippen molar-refractivity contribution in [2.75, 3.05) is 0 Å². The molecule has 0 spiro atoms. The molecular weight excluding hydrogens is 328 g/mol. The molecule has 0 aromatic carbocycles. The zero-order chi connectivity index (χ0) is 16.5. The Morgan fingerprint density at radius 1 is 1.08 bits per heavy atom. The molecule has 122 valence electrons. The number of aryl methyl sites for hydroxylation is 2. The maximum Gasteiger partial charge on any atom is 0.236 e. The lowest BCUT2D eigenvalue weighted by atomic mass is 10.1. The maximum atomic E-state index is 5.50. The van der Waals surface area contributed by atoms with E-state index in [0.717, 1.165) is 27.6 Å². The third-order valence-corrected chi connectivity index (χ3v) is 4.50. The fourth-order valence-electron chi connectivity index (χ4n) is 2.40. The van der Waals surface area contributed by atoms with Gasteiger partial charge in [-0.25, -0.2) is 4.98 Å². The first-order chi connectivity index (χ1) is 11.7. The predicted molar refractivity (Wildman–Crippen MR) is 85.7 cm³/mol. The van der Waals surface area contributed by atoms with Crippen LogP contribution >= 0.6 is 11.3 Å². The van der Waals surface area contributed by atoms with E-state index in [4.69, 9.17) is 13.5 Å². The Morgan fingerprint density at radius 3 is 2.75 bits per heavy atom. The summed E-state index contributed by atoms with van der Waals surface area (Å²) in [7, 11) is 0. The molecule has 0 fully saturated rings. The van der Waals surface area contributed by atoms with Crippen molar-refractivity contribution in [1.82, 2.24) is 20.3 Å². The molecule has 0 radical (unpaired) electrons. The van der Waals surface area contributed by atoms with Crippen LogP contribution in [0.5, 0.6) is 0 Å². The van der Waals surface area contributed by atoms with E-state index >= 15 is 0 Å². The molecule has 4 aromatic heterocycles. The van der Waals surface area contributed by atoms with Gasteiger partial charge in [-0.05, 0) is 25.3 Å². The van der Waals surface area contributed by atoms with Crippen LogP contribution in [0, 0.1) is 13.8 Å². The topological polar surface area (TPSA) is 91.0 Å². The summed E-state index contributed by atoms with van der Waals surface area (Å²) in [5.41, 5.74) is 2.58. The molecule has 0 aliphatic heterocycles. The third-order valence-electron chi connectivity index (χ3n) is 3.64. The second-order valence-corrected chi connectivity index (χ2v) is 6.33. The summed E-state index contributed by atoms with van der Waals surface area (Å²) in [6.45, 7) is 3.76. The molecule has 0 aliphatic rings. The fraction of sp³-hybridized carbons (Fsp3) is 0.250. The number of hydrogen-bond donors (Lipinski definition) is 0. The average Bonchev–Trinajstić information content (AvgIpc) is 3.33. The summed E-state index contributed by atoms with van der Waals surface area (Å²) in [6, 6.07) is 3.93. The molecule has 7 nitrogen and oxygen atoms in total. The van der Waals surface area contributed by atoms with Gasteiger partial charge in [0, 0.05) is 5.56 Å². The molecule has 24 heavy (non-hydrogen) atoms. The number of thiophene rings is 1. The van der Waals surface area contributed by atoms with Crippen LogP contribution in [-0.4, -0.2) is 20.3 Å². The molecule has 0 saturated carbocycles. The van der Waals surface area contributed by atoms with Crippen molar-refractivity contribution in [3.63, 3.8) is 0 Å². The highest BCUT2D eigenvalue weighted by molar-refractivity contribution is 7.13. The lowest BCUT2D eigenvalue weighted by Gasteiger charge is -1.93. The van der Waals surface area contributed by atoms with Crippen LogP contribution in [0.25, 0.3) is 10.8 Å². The summed E-state index contributed by atoms with van der Waals surface area (Å²) in [5.74, 6) is 2.48. The van der Waals surface area contributed by atoms with Gasteiger partial charge in [0.05, 0.1) is 29.1 Å². The lowest BCUT2D eigenvalue weighted by molar-refractivity contribution is 0.377. The Kier molecular flexibility index (Phi) is 3.73. The second kappa shape index (κ2) is 6.04. The molecule has 8 heteroatoms. The Balaban J connectivity index is 1.48. The summed E-state index contributed by atoms with van der Waals surface area (Å²) in [5, 5.41) is 9.92. The molecule has 0 saturated heterocycles. The van der Waals surface area contributed by atoms with Gasteiger partial charge in [0.2, 0.25) is 11.8 Å². The SMILES string of the molecule is Cc1noc(C)c1Cc1nc(Cc2coc(-c3cccs3)n2)no1. The van der Waals surface area contributed by atoms with E-state index in [1.165, 1.54) is 0 Å². The molecule has 4 rings (SSSR count). The molecule has 0 atom stereocenters. The van der Waals surface area contributed by atoms with E-state index in [2.05, 4.69) is 20.3 Å². The van der Waals surface area contributed by atoms with Crippen LogP contribution in [0.2, 0.25) is 0 Å². The molecule has 0 amide bonds. The van der Waals surface area contributed by atoms with Crippen molar-refractivity contribution >= 4 is 11.3 Å². The second-order valence-electron chi connectivity index (χ2n) is 5.38. The van der Waals surface area contributed by atoms with Gasteiger partial charge < -0.3 is 13.5 Å². The van der Waals surface area contributed by atoms with Crippen molar-refractivity contribution in [1.29, 1.82) is 0 Å². The fourth-order valence-corrected chi connectivity index (χ4v) is 3.06. The van der Waals surface area contributed by atoms with Crippen LogP contribution in [0.4, 0.5) is 0 Å². The minimum Gasteiger partial charge on any atom is -0.444 e. The van der Waals surface area contributed by atoms with Crippen molar-refractivity contribution in [3.8, 4) is 10.8 Å². The Labute approximate surface area is 141 Å². The van der Waals surface area contributed by atoms with E-state index in [1.54, 1.807) is 17.6 Å². The van der Waals surface area contributed by atoms with Crippen molar-refractivity contribution in [3.05, 3.63) is 58.2 Å². The zero-order valence-corrected chi connectivity index (χ0v) is 14.0. The Morgan fingerprint density at radius 2 is 2.00 bits per heavy atom. The highest BCUT2D eigenvalue weighted by Gasteiger charge is 2.16. The van der Waals surface area contributed by atoms with Gasteiger partial charge in [0.1, 0.15) is 12.0 Å². The van der Waals surface area contributed by atoms with Crippen LogP contribution in [0.3, 0.4) is 0 Å². The van der Waals surface area contributed by atoms with Crippen LogP contribution < -0.4 is 0 Å². The van der Waals surface area contributed by atoms with Gasteiger partial charge in [-0.2, -0.15) is 4.98 Å². The van der Waals surface area contributed by atoms with Gasteiger partial charge in [-0.15, -0.1) is 11.3 Å². The first-order valence-electron chi connectivity index (χ1n) is 7.40. The first kappa shape index (κ1) is 14.8. The van der Waals surface area contributed by atoms with Crippen LogP contribution in [-0.2, 0) is 12.8 Å². The highest BCUT2D eigenvalue weighted by Crippen LogP contribution is 2.24. The molecule has 4 aromatic rings. The van der Waals surface area contributed by atoms with Gasteiger partial charge in [0.15, 0.2) is 5.82 Å². The smallest absolute Gasteiger partial charge is 0.236 e. The monoisotopic (exact) mass is 342 g/mol. The molecule has 0 N–H and O–H groups in total. The van der Waals surface area contributed by atoms with E-state index in [-0.39, 0.29) is 0 Å². The van der Waals surface area contributed by atoms with Gasteiger partial charge >= 0.3 is 0 Å². The first-order valence-corrected chi connectivity index (χ1v) is 8.28. The van der Waals surface area contributed by atoms with E-state index < -0.39 is 0 Å². The highest BCUT2D eigenvalue weighted by atomic mass is 32.1. The number of rotatable bonds is 5. The van der Waals surface area contributed by atoms with E-state index in [9.17, 15) is 0 Å². The summed E-state index contributed by atoms with van der Waals surface area (Å²) < 4.78 is 16.0. The third kappa shape index (κ3) is 2.88. The van der Waals surface area contributed by atoms with E-state index in [1.807, 2.05) is 31.4 Å². The molecular formula is C16H14N4O3S. The molecule has 0 aliphatic carbocycles. The zero-order valence-electron chi connectivity index (χ0n) is 13.1. The van der Waals surface area contributed by atoms with Gasteiger partial charge in [-0.3, -0.25) is 0 Å². The molecule has 4 heterocycles. The Bertz CT molecular complexity index is 932. The molecule has 0 unspecified atom stereocenters. The number of nitrogens with zero attached hydrogens (tertiary/aromatic N) is 4. The number of oxazole rings is 1. The maximum absolute atomic E-state index is 5.50. The van der Waals surface area contributed by atoms with Crippen molar-refractivity contribution in [2.45, 2.75) is 26.7 Å². The van der Waals surface area contributed by atoms with Gasteiger partial charge in [-0.1, -0.05) is 16.4 Å². The normalized spacial score (nSPS) is 11.2. The minimum absolute atomic E-state index is 0.458. The standard InChI is InChI=1S/C16H14N4O3S/c1-9-12(10(2)22-19-9)7-15-18-14(20-23-15)6-11-8-21-16(17-11)13-4-3-5-24-13/h3-5,8H,6-7H2,1-2H3. The molecule has 0 bridgehead atoms. The summed E-state index contributed by atoms with van der Waals surface area (Å²) >= 11 is 1.58. The van der Waals surface area contributed by atoms with Crippen molar-refractivity contribution < 1.29 is 13.5 Å². The number of aromatic nitrogens is 4. The van der Waals surface area contributed by atoms with E-state index in [0.29, 0.717) is 30.4 Å². The quantitative estimate of drug-likeness (QED) is 0.547. The average molecular weight is 342 g/mol. The van der Waals surface area contributed by atoms with Crippen LogP contribution in [0.1, 0.15) is 34.4 Å². The number of hydrogen-bond acceptors (Lipinski definition) is 8.